The van der Waals surface area contributed by atoms with Crippen LogP contribution in [0.1, 0.15) is 56.9 Å². The van der Waals surface area contributed by atoms with Crippen molar-refractivity contribution in [3.63, 3.8) is 0 Å². The van der Waals surface area contributed by atoms with Crippen molar-refractivity contribution in [3.05, 3.63) is 24.8 Å². The lowest BCUT2D eigenvalue weighted by molar-refractivity contribution is 0.0344. The van der Waals surface area contributed by atoms with Gasteiger partial charge in [0.15, 0.2) is 0 Å². The lowest BCUT2D eigenvalue weighted by Crippen LogP contribution is -2.37. The average Bonchev–Trinajstić information content (AvgIpc) is 2.61. The first kappa shape index (κ1) is 20.1. The van der Waals surface area contributed by atoms with E-state index in [-0.39, 0.29) is 0 Å². The van der Waals surface area contributed by atoms with E-state index in [1.54, 1.807) is 0 Å². The number of halogens is 2. The van der Waals surface area contributed by atoms with E-state index >= 15 is 0 Å². The molecule has 0 spiro atoms. The van der Waals surface area contributed by atoms with Crippen molar-refractivity contribution < 1.29 is 4.94 Å². The van der Waals surface area contributed by atoms with E-state index in [1.807, 2.05) is 0 Å². The number of nitrogens with two attached hydrogens (primary N) is 1. The van der Waals surface area contributed by atoms with Gasteiger partial charge in [-0.2, -0.15) is 10.4 Å². The number of hydroxylamine groups is 1. The fourth-order valence-corrected chi connectivity index (χ4v) is 5.97. The van der Waals surface area contributed by atoms with E-state index in [2.05, 4.69) is 75.2 Å². The highest BCUT2D eigenvalue weighted by molar-refractivity contribution is 14.1. The highest BCUT2D eigenvalue weighted by Crippen LogP contribution is 2.38. The minimum absolute atomic E-state index is 0.457. The van der Waals surface area contributed by atoms with E-state index in [9.17, 15) is 0 Å². The summed E-state index contributed by atoms with van der Waals surface area (Å²) in [5, 5.41) is 0. The Morgan fingerprint density at radius 2 is 1.44 bits per heavy atom. The van der Waals surface area contributed by atoms with E-state index in [1.165, 1.54) is 64.1 Å². The van der Waals surface area contributed by atoms with E-state index in [0.29, 0.717) is 12.1 Å². The van der Waals surface area contributed by atoms with Gasteiger partial charge in [-0.25, -0.2) is 5.48 Å². The zero-order valence-electron chi connectivity index (χ0n) is 14.9. The molecule has 0 unspecified atom stereocenters. The van der Waals surface area contributed by atoms with Gasteiger partial charge in [-0.3, -0.25) is 0 Å². The molecule has 0 radical (unpaired) electrons. The second kappa shape index (κ2) is 9.52. The summed E-state index contributed by atoms with van der Waals surface area (Å²) >= 11 is 4.73. The summed E-state index contributed by atoms with van der Waals surface area (Å²) in [6, 6.07) is 5.15. The largest absolute Gasteiger partial charge is 0.328 e. The molecule has 2 saturated carbocycles. The zero-order chi connectivity index (χ0) is 17.8. The third-order valence-electron chi connectivity index (χ3n) is 5.93. The predicted octanol–water partition coefficient (Wildman–Crippen LogP) is 5.13. The van der Waals surface area contributed by atoms with Gasteiger partial charge in [0.25, 0.3) is 0 Å². The molecule has 0 amide bonds. The van der Waals surface area contributed by atoms with Crippen LogP contribution in [0, 0.1) is 25.9 Å². The van der Waals surface area contributed by atoms with Gasteiger partial charge in [0.05, 0.1) is 5.69 Å². The minimum Gasteiger partial charge on any atom is -0.328 e. The van der Waals surface area contributed by atoms with E-state index in [0.717, 1.165) is 17.5 Å². The standard InChI is InChI=1S/C19H29I2N3O/c1-12-18(20)10-17(11-19(12)21)24-25-23-16-8-4-14(5-9-16)13-2-6-15(22)7-3-13/h10-11,13-16,23-24H,2-9,22H2,1H3. The molecule has 1 aromatic carbocycles. The van der Waals surface area contributed by atoms with Crippen molar-refractivity contribution in [1.82, 2.24) is 5.48 Å². The molecule has 4 nitrogen and oxygen atoms in total. The number of benzene rings is 1. The lowest BCUT2D eigenvalue weighted by atomic mass is 9.72. The molecule has 0 heterocycles. The van der Waals surface area contributed by atoms with Gasteiger partial charge in [-0.1, -0.05) is 0 Å². The molecule has 0 aliphatic heterocycles. The molecule has 0 bridgehead atoms. The molecular weight excluding hydrogens is 540 g/mol. The normalized spacial score (nSPS) is 30.2. The molecule has 140 valence electrons. The van der Waals surface area contributed by atoms with E-state index < -0.39 is 0 Å². The highest BCUT2D eigenvalue weighted by atomic mass is 127. The van der Waals surface area contributed by atoms with Crippen LogP contribution in [0.25, 0.3) is 0 Å². The smallest absolute Gasteiger partial charge is 0.0644 e. The van der Waals surface area contributed by atoms with Crippen LogP contribution < -0.4 is 16.7 Å². The molecule has 2 aliphatic rings. The third kappa shape index (κ3) is 5.67. The summed E-state index contributed by atoms with van der Waals surface area (Å²) in [7, 11) is 0. The Labute approximate surface area is 178 Å². The first-order valence-electron chi connectivity index (χ1n) is 9.41. The number of hydrogen-bond acceptors (Lipinski definition) is 4. The SMILES string of the molecule is Cc1c(I)cc(NONC2CCC(C3CCC(N)CC3)CC2)cc1I. The third-order valence-corrected chi connectivity index (χ3v) is 8.17. The van der Waals surface area contributed by atoms with Crippen LogP contribution >= 0.6 is 45.2 Å². The maximum atomic E-state index is 6.04. The number of hydrogen-bond donors (Lipinski definition) is 3. The van der Waals surface area contributed by atoms with Crippen LogP contribution in [-0.4, -0.2) is 12.1 Å². The zero-order valence-corrected chi connectivity index (χ0v) is 19.2. The Kier molecular flexibility index (Phi) is 7.66. The van der Waals surface area contributed by atoms with Gasteiger partial charge in [0.1, 0.15) is 0 Å². The molecule has 0 aromatic heterocycles. The summed E-state index contributed by atoms with van der Waals surface area (Å²) < 4.78 is 2.51. The Balaban J connectivity index is 1.38. The van der Waals surface area contributed by atoms with Crippen LogP contribution in [0.15, 0.2) is 12.1 Å². The van der Waals surface area contributed by atoms with E-state index in [4.69, 9.17) is 10.7 Å². The molecule has 1 aromatic rings. The summed E-state index contributed by atoms with van der Waals surface area (Å²) in [5.74, 6) is 1.82. The molecular formula is C19H29I2N3O. The van der Waals surface area contributed by atoms with Gasteiger partial charge in [0.2, 0.25) is 0 Å². The summed E-state index contributed by atoms with van der Waals surface area (Å²) in [6.07, 6.45) is 10.2. The summed E-state index contributed by atoms with van der Waals surface area (Å²) in [5.41, 5.74) is 14.6. The first-order chi connectivity index (χ1) is 12.0. The summed E-state index contributed by atoms with van der Waals surface area (Å²) in [4.78, 5) is 5.58. The number of rotatable bonds is 5. The first-order valence-corrected chi connectivity index (χ1v) is 11.6. The van der Waals surface area contributed by atoms with Crippen LogP contribution in [0.2, 0.25) is 0 Å². The second-order valence-electron chi connectivity index (χ2n) is 7.67. The van der Waals surface area contributed by atoms with Gasteiger partial charge < -0.3 is 5.73 Å². The quantitative estimate of drug-likeness (QED) is 0.340. The minimum atomic E-state index is 0.457. The van der Waals surface area contributed by atoms with Crippen molar-refractivity contribution in [2.24, 2.45) is 17.6 Å². The molecule has 0 saturated heterocycles. The van der Waals surface area contributed by atoms with Crippen molar-refractivity contribution in [1.29, 1.82) is 0 Å². The predicted molar refractivity (Wildman–Crippen MR) is 120 cm³/mol. The fraction of sp³-hybridized carbons (Fsp3) is 0.684. The van der Waals surface area contributed by atoms with Crippen molar-refractivity contribution in [3.8, 4) is 0 Å². The van der Waals surface area contributed by atoms with Crippen molar-refractivity contribution >= 4 is 50.9 Å². The maximum absolute atomic E-state index is 6.04. The van der Waals surface area contributed by atoms with Gasteiger partial charge in [0, 0.05) is 19.2 Å². The van der Waals surface area contributed by atoms with Crippen molar-refractivity contribution in [2.75, 3.05) is 5.48 Å². The maximum Gasteiger partial charge on any atom is 0.0644 e. The second-order valence-corrected chi connectivity index (χ2v) is 10.00. The highest BCUT2D eigenvalue weighted by Gasteiger charge is 2.30. The monoisotopic (exact) mass is 569 g/mol. The number of nitrogens with one attached hydrogen (secondary N) is 2. The molecule has 2 aliphatic carbocycles. The molecule has 4 N–H and O–H groups in total. The van der Waals surface area contributed by atoms with Crippen LogP contribution in [0.4, 0.5) is 5.69 Å². The van der Waals surface area contributed by atoms with Crippen LogP contribution in [0.3, 0.4) is 0 Å². The molecule has 0 atom stereocenters. The Morgan fingerprint density at radius 3 is 2.00 bits per heavy atom. The summed E-state index contributed by atoms with van der Waals surface area (Å²) in [6.45, 7) is 2.14. The van der Waals surface area contributed by atoms with Crippen LogP contribution in [-0.2, 0) is 4.94 Å². The topological polar surface area (TPSA) is 59.3 Å². The molecule has 3 rings (SSSR count). The van der Waals surface area contributed by atoms with Gasteiger partial charge in [-0.05, 0) is 133 Å². The Hall–Kier alpha value is 0.360. The molecule has 25 heavy (non-hydrogen) atoms. The average molecular weight is 569 g/mol. The van der Waals surface area contributed by atoms with Crippen LogP contribution in [0.5, 0.6) is 0 Å². The van der Waals surface area contributed by atoms with Gasteiger partial charge >= 0.3 is 0 Å². The lowest BCUT2D eigenvalue weighted by Gasteiger charge is -2.37. The van der Waals surface area contributed by atoms with Crippen molar-refractivity contribution in [2.45, 2.75) is 70.4 Å². The Bertz CT molecular complexity index is 545. The molecule has 6 heteroatoms. The Morgan fingerprint density at radius 1 is 0.920 bits per heavy atom. The molecule has 2 fully saturated rings. The fourth-order valence-electron chi connectivity index (χ4n) is 4.20. The number of anilines is 1. The van der Waals surface area contributed by atoms with Gasteiger partial charge in [-0.15, -0.1) is 0 Å².